The Morgan fingerprint density at radius 2 is 1.97 bits per heavy atom. The van der Waals surface area contributed by atoms with Gasteiger partial charge >= 0.3 is 6.09 Å². The van der Waals surface area contributed by atoms with E-state index in [1.807, 2.05) is 37.0 Å². The van der Waals surface area contributed by atoms with Gasteiger partial charge in [-0.1, -0.05) is 11.6 Å². The zero-order valence-electron chi connectivity index (χ0n) is 18.5. The Bertz CT molecular complexity index is 817. The molecule has 1 amide bonds. The van der Waals surface area contributed by atoms with Crippen LogP contribution in [0.4, 0.5) is 4.79 Å². The van der Waals surface area contributed by atoms with Crippen molar-refractivity contribution in [3.05, 3.63) is 27.7 Å². The highest BCUT2D eigenvalue weighted by Crippen LogP contribution is 2.57. The van der Waals surface area contributed by atoms with E-state index in [9.17, 15) is 4.79 Å². The van der Waals surface area contributed by atoms with Crippen molar-refractivity contribution in [2.75, 3.05) is 13.1 Å². The Morgan fingerprint density at radius 1 is 1.27 bits per heavy atom. The number of carbonyl (C=O) groups excluding carboxylic acids is 1. The number of amides is 1. The Hall–Kier alpha value is -1.01. The molecule has 1 aliphatic heterocycles. The molecule has 4 bridgehead atoms. The topological polar surface area (TPSA) is 42.4 Å². The van der Waals surface area contributed by atoms with Gasteiger partial charge < -0.3 is 9.64 Å². The highest BCUT2D eigenvalue weighted by atomic mass is 32.2. The average Bonchev–Trinajstić information content (AvgIpc) is 3.13. The molecule has 4 nitrogen and oxygen atoms in total. The van der Waals surface area contributed by atoms with Crippen LogP contribution in [-0.4, -0.2) is 39.4 Å². The van der Waals surface area contributed by atoms with Crippen LogP contribution in [-0.2, 0) is 10.5 Å². The van der Waals surface area contributed by atoms with Crippen molar-refractivity contribution in [3.63, 3.8) is 0 Å². The molecular formula is C24H34N2O2S2. The van der Waals surface area contributed by atoms with Gasteiger partial charge in [0, 0.05) is 34.9 Å². The van der Waals surface area contributed by atoms with Crippen molar-refractivity contribution in [2.24, 2.45) is 11.8 Å². The Kier molecular flexibility index (Phi) is 5.46. The molecule has 6 rings (SSSR count). The second-order valence-electron chi connectivity index (χ2n) is 10.9. The summed E-state index contributed by atoms with van der Waals surface area (Å²) < 4.78 is 5.93. The number of thioether (sulfide) groups is 1. The lowest BCUT2D eigenvalue weighted by atomic mass is 9.61. The normalized spacial score (nSPS) is 31.2. The molecule has 0 radical (unpaired) electrons. The van der Waals surface area contributed by atoms with E-state index in [4.69, 9.17) is 9.72 Å². The lowest BCUT2D eigenvalue weighted by Gasteiger charge is -2.51. The third-order valence-corrected chi connectivity index (χ3v) is 9.60. The smallest absolute Gasteiger partial charge is 0.410 e. The summed E-state index contributed by atoms with van der Waals surface area (Å²) in [7, 11) is 0. The zero-order valence-corrected chi connectivity index (χ0v) is 20.1. The van der Waals surface area contributed by atoms with E-state index < -0.39 is 5.60 Å². The molecule has 0 spiro atoms. The second kappa shape index (κ2) is 7.84. The van der Waals surface area contributed by atoms with Crippen LogP contribution in [0.2, 0.25) is 0 Å². The Labute approximate surface area is 188 Å². The molecule has 1 aromatic heterocycles. The lowest BCUT2D eigenvalue weighted by molar-refractivity contribution is 0.0205. The number of hydrogen-bond acceptors (Lipinski definition) is 5. The quantitative estimate of drug-likeness (QED) is 0.503. The highest BCUT2D eigenvalue weighted by molar-refractivity contribution is 8.00. The molecule has 2 heterocycles. The number of thiazole rings is 1. The summed E-state index contributed by atoms with van der Waals surface area (Å²) in [6.45, 7) is 7.30. The minimum Gasteiger partial charge on any atom is -0.444 e. The van der Waals surface area contributed by atoms with Gasteiger partial charge in [-0.05, 0) is 77.6 Å². The molecule has 6 heteroatoms. The van der Waals surface area contributed by atoms with Crippen molar-refractivity contribution < 1.29 is 9.53 Å². The molecule has 0 aromatic carbocycles. The molecular weight excluding hydrogens is 412 g/mol. The predicted octanol–water partition coefficient (Wildman–Crippen LogP) is 6.38. The van der Waals surface area contributed by atoms with Crippen LogP contribution in [0.5, 0.6) is 0 Å². The fourth-order valence-electron chi connectivity index (χ4n) is 6.03. The van der Waals surface area contributed by atoms with E-state index in [0.717, 1.165) is 43.5 Å². The fraction of sp³-hybridized carbons (Fsp3) is 0.750. The molecule has 0 N–H and O–H groups in total. The van der Waals surface area contributed by atoms with Crippen molar-refractivity contribution >= 4 is 29.2 Å². The van der Waals surface area contributed by atoms with Crippen LogP contribution in [0.25, 0.3) is 0 Å². The molecule has 5 aliphatic rings. The van der Waals surface area contributed by atoms with Gasteiger partial charge in [0.25, 0.3) is 0 Å². The summed E-state index contributed by atoms with van der Waals surface area (Å²) in [4.78, 5) is 19.2. The first-order valence-corrected chi connectivity index (χ1v) is 13.4. The second-order valence-corrected chi connectivity index (χ2v) is 13.1. The Morgan fingerprint density at radius 3 is 2.60 bits per heavy atom. The third kappa shape index (κ3) is 4.45. The summed E-state index contributed by atoms with van der Waals surface area (Å²) in [5.41, 5.74) is 2.57. The molecule has 1 aromatic rings. The van der Waals surface area contributed by atoms with E-state index >= 15 is 0 Å². The largest absolute Gasteiger partial charge is 0.444 e. The average molecular weight is 447 g/mol. The first-order chi connectivity index (χ1) is 14.3. The van der Waals surface area contributed by atoms with Gasteiger partial charge in [-0.2, -0.15) is 0 Å². The van der Waals surface area contributed by atoms with Gasteiger partial charge in [-0.3, -0.25) is 0 Å². The van der Waals surface area contributed by atoms with Gasteiger partial charge in [0.15, 0.2) is 0 Å². The number of aromatic nitrogens is 1. The molecule has 4 aliphatic carbocycles. The number of likely N-dealkylation sites (tertiary alicyclic amines) is 1. The first-order valence-electron chi connectivity index (χ1n) is 11.5. The maximum atomic E-state index is 12.3. The van der Waals surface area contributed by atoms with Crippen LogP contribution in [0, 0.1) is 11.8 Å². The summed E-state index contributed by atoms with van der Waals surface area (Å²) >= 11 is 3.97. The Balaban J connectivity index is 1.14. The molecule has 2 unspecified atom stereocenters. The minimum atomic E-state index is -0.428. The minimum absolute atomic E-state index is 0.179. The number of nitrogens with zero attached hydrogens (tertiary/aromatic N) is 2. The van der Waals surface area contributed by atoms with Crippen LogP contribution >= 0.6 is 23.1 Å². The van der Waals surface area contributed by atoms with Gasteiger partial charge in [0.1, 0.15) is 5.60 Å². The predicted molar refractivity (Wildman–Crippen MR) is 124 cm³/mol. The van der Waals surface area contributed by atoms with Crippen LogP contribution in [0.3, 0.4) is 0 Å². The maximum Gasteiger partial charge on any atom is 0.410 e. The summed E-state index contributed by atoms with van der Waals surface area (Å²) in [6.07, 6.45) is 11.4. The maximum absolute atomic E-state index is 12.3. The van der Waals surface area contributed by atoms with Gasteiger partial charge in [-0.15, -0.1) is 23.1 Å². The summed E-state index contributed by atoms with van der Waals surface area (Å²) in [6, 6.07) is 0. The number of hydrogen-bond donors (Lipinski definition) is 0. The molecule has 2 saturated carbocycles. The zero-order chi connectivity index (χ0) is 20.9. The SMILES string of the molecule is CC(C)(C)OC(=O)N1CCC(c2nc(CSC34C=C5CC(CC(C5)C3)C4)cs2)CC1. The van der Waals surface area contributed by atoms with Crippen LogP contribution < -0.4 is 0 Å². The van der Waals surface area contributed by atoms with Crippen LogP contribution in [0.1, 0.15) is 82.3 Å². The number of allylic oxidation sites excluding steroid dienone is 1. The molecule has 30 heavy (non-hydrogen) atoms. The molecule has 3 fully saturated rings. The van der Waals surface area contributed by atoms with Gasteiger partial charge in [0.05, 0.1) is 10.7 Å². The van der Waals surface area contributed by atoms with Gasteiger partial charge in [0.2, 0.25) is 0 Å². The third-order valence-electron chi connectivity index (χ3n) is 7.08. The summed E-state index contributed by atoms with van der Waals surface area (Å²) in [5, 5.41) is 3.54. The molecule has 2 atom stereocenters. The van der Waals surface area contributed by atoms with E-state index in [1.165, 1.54) is 42.8 Å². The van der Waals surface area contributed by atoms with Crippen molar-refractivity contribution in [1.29, 1.82) is 0 Å². The van der Waals surface area contributed by atoms with Gasteiger partial charge in [-0.25, -0.2) is 9.78 Å². The highest BCUT2D eigenvalue weighted by Gasteiger charge is 2.46. The van der Waals surface area contributed by atoms with E-state index in [-0.39, 0.29) is 6.09 Å². The standard InChI is InChI=1S/C24H34N2O2S2/c1-23(2,3)28-22(27)26-6-4-19(5-7-26)21-25-20(14-29-21)15-30-24-11-16-8-17(12-24)10-18(9-16)13-24/h11,14,17-19H,4-10,12-13,15H2,1-3H3. The number of rotatable bonds is 4. The molecule has 1 saturated heterocycles. The van der Waals surface area contributed by atoms with E-state index in [1.54, 1.807) is 5.57 Å². The summed E-state index contributed by atoms with van der Waals surface area (Å²) in [5.74, 6) is 3.42. The van der Waals surface area contributed by atoms with E-state index in [0.29, 0.717) is 10.7 Å². The number of piperidine rings is 1. The lowest BCUT2D eigenvalue weighted by Crippen LogP contribution is -2.42. The monoisotopic (exact) mass is 446 g/mol. The number of ether oxygens (including phenoxy) is 1. The van der Waals surface area contributed by atoms with Crippen molar-refractivity contribution in [3.8, 4) is 0 Å². The van der Waals surface area contributed by atoms with Crippen molar-refractivity contribution in [2.45, 2.75) is 87.7 Å². The van der Waals surface area contributed by atoms with E-state index in [2.05, 4.69) is 23.2 Å². The first kappa shape index (κ1) is 20.9. The van der Waals surface area contributed by atoms with Crippen LogP contribution in [0.15, 0.2) is 17.0 Å². The number of carbonyl (C=O) groups is 1. The molecule has 164 valence electrons. The van der Waals surface area contributed by atoms with Crippen molar-refractivity contribution in [1.82, 2.24) is 9.88 Å². The fourth-order valence-corrected chi connectivity index (χ4v) is 8.67.